The average molecular weight is 246 g/mol. The Hall–Kier alpha value is -2.17. The van der Waals surface area contributed by atoms with E-state index in [1.54, 1.807) is 12.1 Å². The number of amides is 2. The topological polar surface area (TPSA) is 66.5 Å². The monoisotopic (exact) mass is 246 g/mol. The summed E-state index contributed by atoms with van der Waals surface area (Å²) in [5, 5.41) is 2.67. The molecule has 1 aromatic rings. The first kappa shape index (κ1) is 12.3. The fourth-order valence-corrected chi connectivity index (χ4v) is 1.96. The van der Waals surface area contributed by atoms with Crippen LogP contribution >= 0.6 is 0 Å². The molecule has 5 heteroatoms. The van der Waals surface area contributed by atoms with Crippen molar-refractivity contribution in [2.75, 3.05) is 16.8 Å². The summed E-state index contributed by atoms with van der Waals surface area (Å²) < 4.78 is 0. The minimum atomic E-state index is -0.225. The van der Waals surface area contributed by atoms with Gasteiger partial charge in [-0.05, 0) is 24.6 Å². The standard InChI is InChI=1S/C13H14N2O3/c1-8-3-4-11(14-9(2)16)12(5-8)15-7-10(17)6-13(15)18/h3-5H,6-7H2,1-2H3,(H,14,16). The van der Waals surface area contributed by atoms with Crippen LogP contribution in [-0.2, 0) is 14.4 Å². The molecule has 1 aromatic carbocycles. The first-order valence-electron chi connectivity index (χ1n) is 5.67. The maximum Gasteiger partial charge on any atom is 0.234 e. The second-order valence-corrected chi connectivity index (χ2v) is 4.40. The summed E-state index contributed by atoms with van der Waals surface area (Å²) in [5.74, 6) is -0.537. The molecular formula is C13H14N2O3. The Kier molecular flexibility index (Phi) is 3.14. The van der Waals surface area contributed by atoms with Gasteiger partial charge in [-0.1, -0.05) is 6.07 Å². The Morgan fingerprint density at radius 1 is 1.33 bits per heavy atom. The van der Waals surface area contributed by atoms with Crippen LogP contribution in [-0.4, -0.2) is 24.1 Å². The number of nitrogens with zero attached hydrogens (tertiary/aromatic N) is 1. The molecule has 0 aromatic heterocycles. The quantitative estimate of drug-likeness (QED) is 0.799. The molecule has 1 heterocycles. The molecule has 1 aliphatic heterocycles. The summed E-state index contributed by atoms with van der Waals surface area (Å²) in [4.78, 5) is 35.6. The normalized spacial score (nSPS) is 15.1. The molecule has 1 saturated heterocycles. The van der Waals surface area contributed by atoms with Crippen molar-refractivity contribution >= 4 is 29.0 Å². The van der Waals surface area contributed by atoms with Crippen LogP contribution in [0.1, 0.15) is 18.9 Å². The molecule has 5 nitrogen and oxygen atoms in total. The van der Waals surface area contributed by atoms with Crippen molar-refractivity contribution in [3.63, 3.8) is 0 Å². The van der Waals surface area contributed by atoms with Gasteiger partial charge in [-0.3, -0.25) is 14.4 Å². The second-order valence-electron chi connectivity index (χ2n) is 4.40. The molecule has 2 rings (SSSR count). The van der Waals surface area contributed by atoms with Gasteiger partial charge in [-0.2, -0.15) is 0 Å². The molecule has 94 valence electrons. The van der Waals surface area contributed by atoms with Crippen LogP contribution < -0.4 is 10.2 Å². The predicted octanol–water partition coefficient (Wildman–Crippen LogP) is 1.26. The van der Waals surface area contributed by atoms with Gasteiger partial charge >= 0.3 is 0 Å². The second kappa shape index (κ2) is 4.60. The summed E-state index contributed by atoms with van der Waals surface area (Å²) >= 11 is 0. The van der Waals surface area contributed by atoms with E-state index in [9.17, 15) is 14.4 Å². The summed E-state index contributed by atoms with van der Waals surface area (Å²) in [6, 6.07) is 5.38. The summed E-state index contributed by atoms with van der Waals surface area (Å²) in [6.07, 6.45) is -0.0621. The average Bonchev–Trinajstić information content (AvgIpc) is 2.60. The molecule has 0 unspecified atom stereocenters. The van der Waals surface area contributed by atoms with Crippen molar-refractivity contribution in [3.8, 4) is 0 Å². The summed E-state index contributed by atoms with van der Waals surface area (Å²) in [6.45, 7) is 3.37. The molecule has 0 spiro atoms. The van der Waals surface area contributed by atoms with Crippen LogP contribution in [0, 0.1) is 6.92 Å². The molecule has 1 N–H and O–H groups in total. The number of rotatable bonds is 2. The van der Waals surface area contributed by atoms with Crippen molar-refractivity contribution in [2.24, 2.45) is 0 Å². The van der Waals surface area contributed by atoms with E-state index in [4.69, 9.17) is 0 Å². The van der Waals surface area contributed by atoms with Crippen LogP contribution in [0.2, 0.25) is 0 Å². The van der Waals surface area contributed by atoms with Gasteiger partial charge in [0.15, 0.2) is 5.78 Å². The number of carbonyl (C=O) groups is 3. The number of carbonyl (C=O) groups excluding carboxylic acids is 3. The molecule has 18 heavy (non-hydrogen) atoms. The lowest BCUT2D eigenvalue weighted by atomic mass is 10.1. The van der Waals surface area contributed by atoms with Crippen LogP contribution in [0.3, 0.4) is 0 Å². The third-order valence-electron chi connectivity index (χ3n) is 2.74. The number of aryl methyl sites for hydroxylation is 1. The predicted molar refractivity (Wildman–Crippen MR) is 67.5 cm³/mol. The highest BCUT2D eigenvalue weighted by molar-refractivity contribution is 6.16. The van der Waals surface area contributed by atoms with E-state index in [1.165, 1.54) is 11.8 Å². The van der Waals surface area contributed by atoms with E-state index in [0.717, 1.165) is 5.56 Å². The largest absolute Gasteiger partial charge is 0.325 e. The number of ketones is 1. The smallest absolute Gasteiger partial charge is 0.234 e. The summed E-state index contributed by atoms with van der Waals surface area (Å²) in [5.41, 5.74) is 2.10. The zero-order valence-corrected chi connectivity index (χ0v) is 10.3. The van der Waals surface area contributed by atoms with Crippen molar-refractivity contribution < 1.29 is 14.4 Å². The van der Waals surface area contributed by atoms with Gasteiger partial charge in [0, 0.05) is 6.92 Å². The van der Waals surface area contributed by atoms with Gasteiger partial charge in [0.2, 0.25) is 11.8 Å². The van der Waals surface area contributed by atoms with E-state index >= 15 is 0 Å². The SMILES string of the molecule is CC(=O)Nc1ccc(C)cc1N1CC(=O)CC1=O. The maximum absolute atomic E-state index is 11.7. The van der Waals surface area contributed by atoms with E-state index in [0.29, 0.717) is 11.4 Å². The molecule has 1 fully saturated rings. The van der Waals surface area contributed by atoms with Crippen LogP contribution in [0.25, 0.3) is 0 Å². The van der Waals surface area contributed by atoms with Crippen LogP contribution in [0.15, 0.2) is 18.2 Å². The fraction of sp³-hybridized carbons (Fsp3) is 0.308. The van der Waals surface area contributed by atoms with E-state index < -0.39 is 0 Å². The van der Waals surface area contributed by atoms with Crippen molar-refractivity contribution in [1.82, 2.24) is 0 Å². The highest BCUT2D eigenvalue weighted by Gasteiger charge is 2.30. The number of hydrogen-bond donors (Lipinski definition) is 1. The lowest BCUT2D eigenvalue weighted by Crippen LogP contribution is -2.26. The minimum absolute atomic E-state index is 0.0621. The zero-order chi connectivity index (χ0) is 13.3. The molecule has 2 amide bonds. The van der Waals surface area contributed by atoms with Gasteiger partial charge in [0.05, 0.1) is 24.3 Å². The third-order valence-corrected chi connectivity index (χ3v) is 2.74. The van der Waals surface area contributed by atoms with Gasteiger partial charge in [0.25, 0.3) is 0 Å². The molecule has 0 saturated carbocycles. The lowest BCUT2D eigenvalue weighted by molar-refractivity contribution is -0.121. The van der Waals surface area contributed by atoms with Crippen molar-refractivity contribution in [2.45, 2.75) is 20.3 Å². The van der Waals surface area contributed by atoms with E-state index in [-0.39, 0.29) is 30.6 Å². The minimum Gasteiger partial charge on any atom is -0.325 e. The van der Waals surface area contributed by atoms with Crippen molar-refractivity contribution in [1.29, 1.82) is 0 Å². The lowest BCUT2D eigenvalue weighted by Gasteiger charge is -2.19. The number of nitrogens with one attached hydrogen (secondary N) is 1. The first-order valence-corrected chi connectivity index (χ1v) is 5.67. The highest BCUT2D eigenvalue weighted by Crippen LogP contribution is 2.29. The van der Waals surface area contributed by atoms with Gasteiger partial charge in [-0.15, -0.1) is 0 Å². The Labute approximate surface area is 105 Å². The van der Waals surface area contributed by atoms with Gasteiger partial charge in [-0.25, -0.2) is 0 Å². The van der Waals surface area contributed by atoms with E-state index in [2.05, 4.69) is 5.32 Å². The molecule has 0 atom stereocenters. The number of hydrogen-bond acceptors (Lipinski definition) is 3. The number of benzene rings is 1. The Morgan fingerprint density at radius 2 is 2.06 bits per heavy atom. The zero-order valence-electron chi connectivity index (χ0n) is 10.3. The number of anilines is 2. The molecule has 1 aliphatic rings. The fourth-order valence-electron chi connectivity index (χ4n) is 1.96. The molecule has 0 aliphatic carbocycles. The summed E-state index contributed by atoms with van der Waals surface area (Å²) in [7, 11) is 0. The van der Waals surface area contributed by atoms with E-state index in [1.807, 2.05) is 13.0 Å². The van der Waals surface area contributed by atoms with Crippen LogP contribution in [0.5, 0.6) is 0 Å². The Bertz CT molecular complexity index is 537. The van der Waals surface area contributed by atoms with Gasteiger partial charge in [0.1, 0.15) is 0 Å². The van der Waals surface area contributed by atoms with Crippen molar-refractivity contribution in [3.05, 3.63) is 23.8 Å². The molecule has 0 radical (unpaired) electrons. The van der Waals surface area contributed by atoms with Crippen LogP contribution in [0.4, 0.5) is 11.4 Å². The molecule has 0 bridgehead atoms. The Morgan fingerprint density at radius 3 is 2.61 bits per heavy atom. The Balaban J connectivity index is 2.41. The third kappa shape index (κ3) is 2.40. The van der Waals surface area contributed by atoms with Gasteiger partial charge < -0.3 is 10.2 Å². The first-order chi connectivity index (χ1) is 8.47. The maximum atomic E-state index is 11.7. The highest BCUT2D eigenvalue weighted by atomic mass is 16.2. The molecular weight excluding hydrogens is 232 g/mol. The number of Topliss-reactive ketones (excluding diaryl/α,β-unsaturated/α-hetero) is 1.